The van der Waals surface area contributed by atoms with E-state index in [0.717, 1.165) is 12.8 Å². The van der Waals surface area contributed by atoms with Crippen molar-refractivity contribution in [2.24, 2.45) is 5.41 Å². The molecule has 0 atom stereocenters. The Kier molecular flexibility index (Phi) is 13.5. The van der Waals surface area contributed by atoms with Crippen LogP contribution in [0, 0.1) is 5.41 Å². The first kappa shape index (κ1) is 17.2. The van der Waals surface area contributed by atoms with Crippen molar-refractivity contribution in [1.82, 2.24) is 0 Å². The molecule has 0 bridgehead atoms. The summed E-state index contributed by atoms with van der Waals surface area (Å²) >= 11 is 0. The van der Waals surface area contributed by atoms with Gasteiger partial charge in [-0.1, -0.05) is 0 Å². The lowest BCUT2D eigenvalue weighted by Crippen LogP contribution is -2.37. The third kappa shape index (κ3) is 8.73. The van der Waals surface area contributed by atoms with Crippen molar-refractivity contribution in [3.05, 3.63) is 0 Å². The van der Waals surface area contributed by atoms with E-state index >= 15 is 0 Å². The van der Waals surface area contributed by atoms with Crippen molar-refractivity contribution in [2.45, 2.75) is 12.8 Å². The smallest absolute Gasteiger partial charge is 0.0627 e. The van der Waals surface area contributed by atoms with Gasteiger partial charge in [0.1, 0.15) is 0 Å². The highest BCUT2D eigenvalue weighted by Gasteiger charge is 2.26. The summed E-state index contributed by atoms with van der Waals surface area (Å²) in [5.74, 6) is 0. The van der Waals surface area contributed by atoms with Gasteiger partial charge in [-0.05, 0) is 12.8 Å². The second-order valence-corrected chi connectivity index (χ2v) is 3.29. The van der Waals surface area contributed by atoms with Crippen LogP contribution in [-0.2, 0) is 0 Å². The maximum atomic E-state index is 8.50. The van der Waals surface area contributed by atoms with Crippen molar-refractivity contribution in [2.75, 3.05) is 39.6 Å². The van der Waals surface area contributed by atoms with E-state index in [9.17, 15) is 0 Å². The fourth-order valence-electron chi connectivity index (χ4n) is 0.524. The summed E-state index contributed by atoms with van der Waals surface area (Å²) in [7, 11) is 0. The van der Waals surface area contributed by atoms with Crippen LogP contribution in [0.3, 0.4) is 0 Å². The molecule has 6 N–H and O–H groups in total. The second kappa shape index (κ2) is 11.8. The Morgan fingerprint density at radius 2 is 0.800 bits per heavy atom. The lowest BCUT2D eigenvalue weighted by Gasteiger charge is -2.23. The highest BCUT2D eigenvalue weighted by Crippen LogP contribution is 2.11. The minimum Gasteiger partial charge on any atom is -0.396 e. The summed E-state index contributed by atoms with van der Waals surface area (Å²) in [5, 5.41) is 50.2. The largest absolute Gasteiger partial charge is 0.396 e. The van der Waals surface area contributed by atoms with E-state index in [1.165, 1.54) is 0 Å². The maximum absolute atomic E-state index is 8.50. The summed E-state index contributed by atoms with van der Waals surface area (Å²) in [6.45, 7) is -1.23. The highest BCUT2D eigenvalue weighted by molar-refractivity contribution is 4.74. The summed E-state index contributed by atoms with van der Waals surface area (Å²) in [5.41, 5.74) is -1.11. The van der Waals surface area contributed by atoms with Crippen LogP contribution in [0.15, 0.2) is 0 Å². The Morgan fingerprint density at radius 1 is 0.533 bits per heavy atom. The molecule has 0 fully saturated rings. The van der Waals surface area contributed by atoms with Crippen molar-refractivity contribution in [1.29, 1.82) is 0 Å². The summed E-state index contributed by atoms with van der Waals surface area (Å²) in [4.78, 5) is 0. The number of aliphatic hydroxyl groups is 6. The standard InChI is InChI=1S/C5H12O4.C4H10O2/c6-1-5(2-7,3-8)4-9;5-3-1-2-4-6/h6-9H,1-4H2;5-6H,1-4H2. The Balaban J connectivity index is 0. The quantitative estimate of drug-likeness (QED) is 0.271. The molecule has 0 amide bonds. The second-order valence-electron chi connectivity index (χ2n) is 3.29. The number of hydrogen-bond donors (Lipinski definition) is 6. The fourth-order valence-corrected chi connectivity index (χ4v) is 0.524. The van der Waals surface area contributed by atoms with Crippen LogP contribution in [0.2, 0.25) is 0 Å². The fraction of sp³-hybridized carbons (Fsp3) is 1.00. The van der Waals surface area contributed by atoms with E-state index in [1.807, 2.05) is 0 Å². The molecule has 6 nitrogen and oxygen atoms in total. The van der Waals surface area contributed by atoms with E-state index in [4.69, 9.17) is 30.6 Å². The first-order valence-electron chi connectivity index (χ1n) is 4.81. The molecule has 0 aliphatic carbocycles. The van der Waals surface area contributed by atoms with Gasteiger partial charge in [0.25, 0.3) is 0 Å². The average molecular weight is 226 g/mol. The lowest BCUT2D eigenvalue weighted by atomic mass is 9.93. The molecule has 0 unspecified atom stereocenters. The van der Waals surface area contributed by atoms with Crippen LogP contribution < -0.4 is 0 Å². The van der Waals surface area contributed by atoms with Gasteiger partial charge in [-0.25, -0.2) is 0 Å². The van der Waals surface area contributed by atoms with E-state index in [2.05, 4.69) is 0 Å². The Bertz CT molecular complexity index is 93.7. The summed E-state index contributed by atoms with van der Waals surface area (Å²) in [6.07, 6.45) is 1.44. The van der Waals surface area contributed by atoms with Gasteiger partial charge in [0.15, 0.2) is 0 Å². The average Bonchev–Trinajstić information content (AvgIpc) is 2.31. The molecular weight excluding hydrogens is 204 g/mol. The zero-order valence-electron chi connectivity index (χ0n) is 8.84. The van der Waals surface area contributed by atoms with E-state index < -0.39 is 31.8 Å². The molecule has 0 heterocycles. The third-order valence-corrected chi connectivity index (χ3v) is 1.91. The van der Waals surface area contributed by atoms with Gasteiger partial charge in [0, 0.05) is 13.2 Å². The SMILES string of the molecule is OCC(CO)(CO)CO.OCCCCO. The summed E-state index contributed by atoms with van der Waals surface area (Å²) < 4.78 is 0. The highest BCUT2D eigenvalue weighted by atomic mass is 16.3. The topological polar surface area (TPSA) is 121 Å². The van der Waals surface area contributed by atoms with Gasteiger partial charge in [-0.15, -0.1) is 0 Å². The maximum Gasteiger partial charge on any atom is 0.0627 e. The molecule has 0 aromatic heterocycles. The normalized spacial score (nSPS) is 10.8. The van der Waals surface area contributed by atoms with Gasteiger partial charge in [-0.3, -0.25) is 0 Å². The molecule has 0 radical (unpaired) electrons. The molecule has 0 rings (SSSR count). The van der Waals surface area contributed by atoms with Gasteiger partial charge >= 0.3 is 0 Å². The zero-order valence-corrected chi connectivity index (χ0v) is 8.84. The number of aliphatic hydroxyl groups excluding tert-OH is 6. The third-order valence-electron chi connectivity index (χ3n) is 1.91. The Labute approximate surface area is 89.4 Å². The molecule has 6 heteroatoms. The van der Waals surface area contributed by atoms with Crippen LogP contribution >= 0.6 is 0 Å². The van der Waals surface area contributed by atoms with Gasteiger partial charge in [0.05, 0.1) is 31.8 Å². The lowest BCUT2D eigenvalue weighted by molar-refractivity contribution is -0.0328. The monoisotopic (exact) mass is 226 g/mol. The molecule has 15 heavy (non-hydrogen) atoms. The minimum absolute atomic E-state index is 0.195. The molecule has 0 spiro atoms. The predicted octanol–water partition coefficient (Wildman–Crippen LogP) is -2.31. The van der Waals surface area contributed by atoms with Crippen molar-refractivity contribution in [3.8, 4) is 0 Å². The number of hydrogen-bond acceptors (Lipinski definition) is 6. The van der Waals surface area contributed by atoms with Crippen LogP contribution in [0.5, 0.6) is 0 Å². The molecule has 0 aromatic carbocycles. The number of rotatable bonds is 7. The summed E-state index contributed by atoms with van der Waals surface area (Å²) in [6, 6.07) is 0. The molecule has 0 aliphatic heterocycles. The van der Waals surface area contributed by atoms with Gasteiger partial charge in [0.2, 0.25) is 0 Å². The molecule has 94 valence electrons. The first-order valence-corrected chi connectivity index (χ1v) is 4.81. The van der Waals surface area contributed by atoms with Crippen LogP contribution in [0.25, 0.3) is 0 Å². The van der Waals surface area contributed by atoms with Crippen LogP contribution in [-0.4, -0.2) is 70.3 Å². The molecule has 0 aromatic rings. The van der Waals surface area contributed by atoms with E-state index in [1.54, 1.807) is 0 Å². The van der Waals surface area contributed by atoms with Gasteiger partial charge < -0.3 is 30.6 Å². The van der Waals surface area contributed by atoms with Crippen molar-refractivity contribution in [3.63, 3.8) is 0 Å². The zero-order chi connectivity index (χ0) is 12.2. The molecule has 0 aliphatic rings. The van der Waals surface area contributed by atoms with Crippen molar-refractivity contribution >= 4 is 0 Å². The minimum atomic E-state index is -1.11. The van der Waals surface area contributed by atoms with E-state index in [-0.39, 0.29) is 13.2 Å². The van der Waals surface area contributed by atoms with Crippen molar-refractivity contribution < 1.29 is 30.6 Å². The number of unbranched alkanes of at least 4 members (excludes halogenated alkanes) is 1. The predicted molar refractivity (Wildman–Crippen MR) is 54.2 cm³/mol. The van der Waals surface area contributed by atoms with Crippen LogP contribution in [0.1, 0.15) is 12.8 Å². The van der Waals surface area contributed by atoms with E-state index in [0.29, 0.717) is 0 Å². The van der Waals surface area contributed by atoms with Gasteiger partial charge in [-0.2, -0.15) is 0 Å². The molecule has 0 saturated heterocycles. The molecular formula is C9H22O6. The Hall–Kier alpha value is -0.240. The Morgan fingerprint density at radius 3 is 0.867 bits per heavy atom. The first-order chi connectivity index (χ1) is 7.16. The van der Waals surface area contributed by atoms with Crippen LogP contribution in [0.4, 0.5) is 0 Å². The molecule has 0 saturated carbocycles.